The summed E-state index contributed by atoms with van der Waals surface area (Å²) in [6.45, 7) is 0. The van der Waals surface area contributed by atoms with Gasteiger partial charge in [-0.25, -0.2) is 0 Å². The van der Waals surface area contributed by atoms with Crippen LogP contribution in [0.4, 0.5) is 0 Å². The summed E-state index contributed by atoms with van der Waals surface area (Å²) < 4.78 is 0. The zero-order valence-corrected chi connectivity index (χ0v) is 13.1. The Labute approximate surface area is 141 Å². The van der Waals surface area contributed by atoms with Gasteiger partial charge in [0.2, 0.25) is 0 Å². The monoisotopic (exact) mass is 308 g/mol. The van der Waals surface area contributed by atoms with Gasteiger partial charge in [0.25, 0.3) is 0 Å². The number of carbonyl (C=O) groups is 1. The van der Waals surface area contributed by atoms with E-state index in [1.807, 2.05) is 54.6 Å². The van der Waals surface area contributed by atoms with Crippen molar-refractivity contribution in [3.63, 3.8) is 0 Å². The molecule has 0 fully saturated rings. The van der Waals surface area contributed by atoms with Gasteiger partial charge in [0.15, 0.2) is 6.29 Å². The number of carbonyl (C=O) groups excluding carboxylic acids is 1. The average molecular weight is 308 g/mol. The van der Waals surface area contributed by atoms with Crippen LogP contribution in [-0.2, 0) is 0 Å². The summed E-state index contributed by atoms with van der Waals surface area (Å²) in [5, 5.41) is 2.26. The van der Waals surface area contributed by atoms with Gasteiger partial charge in [0, 0.05) is 11.1 Å². The number of aldehydes is 1. The highest BCUT2D eigenvalue weighted by atomic mass is 16.1. The van der Waals surface area contributed by atoms with Gasteiger partial charge in [-0.05, 0) is 33.5 Å². The summed E-state index contributed by atoms with van der Waals surface area (Å²) in [7, 11) is 0. The highest BCUT2D eigenvalue weighted by molar-refractivity contribution is 6.10. The lowest BCUT2D eigenvalue weighted by molar-refractivity contribution is 0.112. The van der Waals surface area contributed by atoms with E-state index in [0.717, 1.165) is 44.9 Å². The van der Waals surface area contributed by atoms with Gasteiger partial charge >= 0.3 is 0 Å². The van der Waals surface area contributed by atoms with Crippen LogP contribution in [0, 0.1) is 0 Å². The Morgan fingerprint density at radius 3 is 1.75 bits per heavy atom. The second-order valence-electron chi connectivity index (χ2n) is 5.78. The molecule has 0 spiro atoms. The van der Waals surface area contributed by atoms with Crippen LogP contribution in [0.15, 0.2) is 91.0 Å². The van der Waals surface area contributed by atoms with Crippen molar-refractivity contribution in [3.8, 4) is 22.3 Å². The number of hydrogen-bond acceptors (Lipinski definition) is 1. The van der Waals surface area contributed by atoms with Gasteiger partial charge in [-0.1, -0.05) is 84.9 Å². The zero-order valence-electron chi connectivity index (χ0n) is 13.1. The lowest BCUT2D eigenvalue weighted by Gasteiger charge is -2.14. The van der Waals surface area contributed by atoms with E-state index in [0.29, 0.717) is 0 Å². The molecule has 24 heavy (non-hydrogen) atoms. The van der Waals surface area contributed by atoms with E-state index < -0.39 is 0 Å². The normalized spacial score (nSPS) is 10.7. The maximum atomic E-state index is 11.8. The molecule has 114 valence electrons. The number of hydrogen-bond donors (Lipinski definition) is 0. The molecular weight excluding hydrogens is 292 g/mol. The van der Waals surface area contributed by atoms with Crippen LogP contribution in [0.5, 0.6) is 0 Å². The molecule has 0 aliphatic carbocycles. The largest absolute Gasteiger partial charge is 0.298 e. The minimum Gasteiger partial charge on any atom is -0.298 e. The van der Waals surface area contributed by atoms with Gasteiger partial charge in [-0.3, -0.25) is 4.79 Å². The molecule has 1 heteroatoms. The fourth-order valence-corrected chi connectivity index (χ4v) is 3.27. The van der Waals surface area contributed by atoms with Gasteiger partial charge in [0.1, 0.15) is 0 Å². The Morgan fingerprint density at radius 1 is 0.583 bits per heavy atom. The van der Waals surface area contributed by atoms with Crippen LogP contribution in [0.2, 0.25) is 0 Å². The predicted molar refractivity (Wildman–Crippen MR) is 100 cm³/mol. The Balaban J connectivity index is 2.11. The maximum absolute atomic E-state index is 11.8. The van der Waals surface area contributed by atoms with E-state index in [1.54, 1.807) is 0 Å². The molecule has 0 saturated heterocycles. The van der Waals surface area contributed by atoms with Crippen LogP contribution in [-0.4, -0.2) is 6.29 Å². The Bertz CT molecular complexity index is 1000. The van der Waals surface area contributed by atoms with Crippen molar-refractivity contribution >= 4 is 17.1 Å². The first kappa shape index (κ1) is 14.4. The molecule has 0 saturated carbocycles. The van der Waals surface area contributed by atoms with E-state index >= 15 is 0 Å². The van der Waals surface area contributed by atoms with Crippen molar-refractivity contribution in [2.24, 2.45) is 0 Å². The minimum atomic E-state index is 0.721. The summed E-state index contributed by atoms with van der Waals surface area (Å²) in [4.78, 5) is 11.8. The van der Waals surface area contributed by atoms with Crippen LogP contribution >= 0.6 is 0 Å². The smallest absolute Gasteiger partial charge is 0.150 e. The van der Waals surface area contributed by atoms with Crippen molar-refractivity contribution in [2.75, 3.05) is 0 Å². The third kappa shape index (κ3) is 2.40. The molecule has 0 aromatic heterocycles. The molecule has 0 heterocycles. The highest BCUT2D eigenvalue weighted by Gasteiger charge is 2.14. The number of fused-ring (bicyclic) bond motifs is 1. The van der Waals surface area contributed by atoms with Crippen molar-refractivity contribution < 1.29 is 4.79 Å². The van der Waals surface area contributed by atoms with Crippen molar-refractivity contribution in [2.45, 2.75) is 0 Å². The molecule has 0 aliphatic rings. The lowest BCUT2D eigenvalue weighted by Crippen LogP contribution is -1.93. The summed E-state index contributed by atoms with van der Waals surface area (Å²) in [6, 6.07) is 30.6. The molecule has 0 N–H and O–H groups in total. The molecule has 0 atom stereocenters. The molecule has 0 unspecified atom stereocenters. The average Bonchev–Trinajstić information content (AvgIpc) is 2.68. The molecule has 4 aromatic rings. The fraction of sp³-hybridized carbons (Fsp3) is 0. The zero-order chi connectivity index (χ0) is 16.4. The Morgan fingerprint density at radius 2 is 1.12 bits per heavy atom. The molecule has 4 aromatic carbocycles. The molecule has 0 radical (unpaired) electrons. The van der Waals surface area contributed by atoms with Crippen LogP contribution in [0.25, 0.3) is 33.0 Å². The van der Waals surface area contributed by atoms with Gasteiger partial charge < -0.3 is 0 Å². The van der Waals surface area contributed by atoms with E-state index in [2.05, 4.69) is 36.4 Å². The maximum Gasteiger partial charge on any atom is 0.150 e. The van der Waals surface area contributed by atoms with Gasteiger partial charge in [0.05, 0.1) is 0 Å². The summed E-state index contributed by atoms with van der Waals surface area (Å²) in [5.74, 6) is 0. The third-order valence-electron chi connectivity index (χ3n) is 4.35. The van der Waals surface area contributed by atoms with E-state index in [1.165, 1.54) is 0 Å². The lowest BCUT2D eigenvalue weighted by atomic mass is 9.88. The second kappa shape index (κ2) is 6.13. The first-order valence-electron chi connectivity index (χ1n) is 8.00. The number of benzene rings is 4. The molecule has 0 bridgehead atoms. The van der Waals surface area contributed by atoms with Crippen molar-refractivity contribution in [1.29, 1.82) is 0 Å². The SMILES string of the molecule is O=Cc1cc(-c2ccccc2)c2ccccc2c1-c1ccccc1. The van der Waals surface area contributed by atoms with Crippen molar-refractivity contribution in [3.05, 3.63) is 96.6 Å². The Hall–Kier alpha value is -3.19. The topological polar surface area (TPSA) is 17.1 Å². The molecule has 4 rings (SSSR count). The summed E-state index contributed by atoms with van der Waals surface area (Å²) in [5.41, 5.74) is 5.00. The number of rotatable bonds is 3. The molecule has 0 amide bonds. The quantitative estimate of drug-likeness (QED) is 0.425. The second-order valence-corrected chi connectivity index (χ2v) is 5.78. The van der Waals surface area contributed by atoms with Gasteiger partial charge in [-0.15, -0.1) is 0 Å². The van der Waals surface area contributed by atoms with Crippen LogP contribution < -0.4 is 0 Å². The first-order valence-corrected chi connectivity index (χ1v) is 8.00. The standard InChI is InChI=1S/C23H16O/c24-16-19-15-22(17-9-3-1-4-10-17)20-13-7-8-14-21(20)23(19)18-11-5-2-6-12-18/h1-16H. The third-order valence-corrected chi connectivity index (χ3v) is 4.35. The Kier molecular flexibility index (Phi) is 3.68. The molecule has 0 aliphatic heterocycles. The van der Waals surface area contributed by atoms with Gasteiger partial charge in [-0.2, -0.15) is 0 Å². The molecular formula is C23H16O. The highest BCUT2D eigenvalue weighted by Crippen LogP contribution is 2.37. The predicted octanol–water partition coefficient (Wildman–Crippen LogP) is 5.99. The van der Waals surface area contributed by atoms with E-state index in [-0.39, 0.29) is 0 Å². The van der Waals surface area contributed by atoms with E-state index in [9.17, 15) is 4.79 Å². The summed E-state index contributed by atoms with van der Waals surface area (Å²) in [6.07, 6.45) is 0.960. The summed E-state index contributed by atoms with van der Waals surface area (Å²) >= 11 is 0. The molecule has 1 nitrogen and oxygen atoms in total. The van der Waals surface area contributed by atoms with Crippen LogP contribution in [0.3, 0.4) is 0 Å². The van der Waals surface area contributed by atoms with E-state index in [4.69, 9.17) is 0 Å². The van der Waals surface area contributed by atoms with Crippen LogP contribution in [0.1, 0.15) is 10.4 Å². The fourth-order valence-electron chi connectivity index (χ4n) is 3.27. The minimum absolute atomic E-state index is 0.721. The first-order chi connectivity index (χ1) is 11.9. The van der Waals surface area contributed by atoms with Crippen molar-refractivity contribution in [1.82, 2.24) is 0 Å².